The van der Waals surface area contributed by atoms with Crippen LogP contribution in [0.1, 0.15) is 36.2 Å². The predicted octanol–water partition coefficient (Wildman–Crippen LogP) is 1.51. The van der Waals surface area contributed by atoms with Crippen molar-refractivity contribution in [1.29, 1.82) is 0 Å². The standard InChI is InChI=1S/C17H25N3O3/c1-23-11-10-19-12-17(7-5-15(19)21)6-3-9-20(13-17)16(22)14-4-2-8-18-14/h2,4,8,18H,3,5-7,9-13H2,1H3/t17-/m1/s1. The lowest BCUT2D eigenvalue weighted by Gasteiger charge is -2.48. The largest absolute Gasteiger partial charge is 0.383 e. The molecule has 2 aliphatic rings. The number of likely N-dealkylation sites (tertiary alicyclic amines) is 2. The molecule has 1 N–H and O–H groups in total. The van der Waals surface area contributed by atoms with Gasteiger partial charge in [-0.2, -0.15) is 0 Å². The maximum atomic E-state index is 12.6. The molecule has 1 aromatic rings. The number of amides is 2. The van der Waals surface area contributed by atoms with Crippen LogP contribution in [0.25, 0.3) is 0 Å². The molecule has 1 atom stereocenters. The van der Waals surface area contributed by atoms with E-state index in [1.165, 1.54) is 0 Å². The number of ether oxygens (including phenoxy) is 1. The first kappa shape index (κ1) is 16.1. The molecule has 3 rings (SSSR count). The summed E-state index contributed by atoms with van der Waals surface area (Å²) in [5, 5.41) is 0. The van der Waals surface area contributed by atoms with E-state index in [1.807, 2.05) is 21.9 Å². The monoisotopic (exact) mass is 319 g/mol. The third-order valence-corrected chi connectivity index (χ3v) is 5.09. The topological polar surface area (TPSA) is 65.6 Å². The molecule has 0 aliphatic carbocycles. The van der Waals surface area contributed by atoms with Gasteiger partial charge in [-0.1, -0.05) is 0 Å². The molecule has 126 valence electrons. The van der Waals surface area contributed by atoms with Crippen molar-refractivity contribution < 1.29 is 14.3 Å². The Bertz CT molecular complexity index is 557. The zero-order valence-corrected chi connectivity index (χ0v) is 13.7. The van der Waals surface area contributed by atoms with Crippen molar-refractivity contribution in [2.24, 2.45) is 5.41 Å². The van der Waals surface area contributed by atoms with Crippen molar-refractivity contribution in [1.82, 2.24) is 14.8 Å². The van der Waals surface area contributed by atoms with Crippen molar-refractivity contribution in [3.8, 4) is 0 Å². The summed E-state index contributed by atoms with van der Waals surface area (Å²) in [5.41, 5.74) is 0.687. The molecule has 0 radical (unpaired) electrons. The van der Waals surface area contributed by atoms with Gasteiger partial charge in [-0.05, 0) is 31.4 Å². The van der Waals surface area contributed by atoms with Crippen molar-refractivity contribution in [3.05, 3.63) is 24.0 Å². The Balaban J connectivity index is 1.69. The van der Waals surface area contributed by atoms with E-state index in [9.17, 15) is 9.59 Å². The minimum absolute atomic E-state index is 0.0438. The molecule has 6 nitrogen and oxygen atoms in total. The van der Waals surface area contributed by atoms with Crippen molar-refractivity contribution in [3.63, 3.8) is 0 Å². The first-order chi connectivity index (χ1) is 11.1. The molecule has 2 amide bonds. The van der Waals surface area contributed by atoms with E-state index < -0.39 is 0 Å². The predicted molar refractivity (Wildman–Crippen MR) is 86.1 cm³/mol. The summed E-state index contributed by atoms with van der Waals surface area (Å²) in [4.78, 5) is 31.6. The van der Waals surface area contributed by atoms with E-state index in [2.05, 4.69) is 4.98 Å². The lowest BCUT2D eigenvalue weighted by atomic mass is 9.73. The number of nitrogens with zero attached hydrogens (tertiary/aromatic N) is 2. The van der Waals surface area contributed by atoms with Crippen LogP contribution in [0.15, 0.2) is 18.3 Å². The van der Waals surface area contributed by atoms with E-state index in [1.54, 1.807) is 13.3 Å². The molecule has 23 heavy (non-hydrogen) atoms. The number of methoxy groups -OCH3 is 1. The van der Waals surface area contributed by atoms with Gasteiger partial charge in [0.05, 0.1) is 6.61 Å². The van der Waals surface area contributed by atoms with E-state index in [4.69, 9.17) is 4.74 Å². The maximum absolute atomic E-state index is 12.6. The van der Waals surface area contributed by atoms with Crippen LogP contribution in [0.2, 0.25) is 0 Å². The molecule has 0 aromatic carbocycles. The van der Waals surface area contributed by atoms with Gasteiger partial charge in [-0.25, -0.2) is 0 Å². The number of H-pyrrole nitrogens is 1. The summed E-state index contributed by atoms with van der Waals surface area (Å²) in [6.45, 7) is 3.48. The highest BCUT2D eigenvalue weighted by atomic mass is 16.5. The fourth-order valence-electron chi connectivity index (χ4n) is 3.86. The number of hydrogen-bond acceptors (Lipinski definition) is 3. The van der Waals surface area contributed by atoms with Crippen LogP contribution in [0.4, 0.5) is 0 Å². The molecule has 6 heteroatoms. The van der Waals surface area contributed by atoms with Crippen LogP contribution in [0.3, 0.4) is 0 Å². The van der Waals surface area contributed by atoms with Crippen molar-refractivity contribution >= 4 is 11.8 Å². The highest BCUT2D eigenvalue weighted by Crippen LogP contribution is 2.39. The van der Waals surface area contributed by atoms with Gasteiger partial charge in [0.2, 0.25) is 5.91 Å². The van der Waals surface area contributed by atoms with E-state index in [0.717, 1.165) is 38.9 Å². The second-order valence-electron chi connectivity index (χ2n) is 6.72. The Morgan fingerprint density at radius 3 is 3.00 bits per heavy atom. The molecule has 2 fully saturated rings. The Hall–Kier alpha value is -1.82. The lowest BCUT2D eigenvalue weighted by molar-refractivity contribution is -0.139. The average Bonchev–Trinajstić information content (AvgIpc) is 3.10. The highest BCUT2D eigenvalue weighted by Gasteiger charge is 2.42. The molecular weight excluding hydrogens is 294 g/mol. The second-order valence-corrected chi connectivity index (χ2v) is 6.72. The number of nitrogens with one attached hydrogen (secondary N) is 1. The van der Waals surface area contributed by atoms with Gasteiger partial charge < -0.3 is 19.5 Å². The van der Waals surface area contributed by atoms with Crippen LogP contribution in [-0.2, 0) is 9.53 Å². The average molecular weight is 319 g/mol. The van der Waals surface area contributed by atoms with Gasteiger partial charge in [0.1, 0.15) is 5.69 Å². The van der Waals surface area contributed by atoms with Gasteiger partial charge >= 0.3 is 0 Å². The number of hydrogen-bond donors (Lipinski definition) is 1. The highest BCUT2D eigenvalue weighted by molar-refractivity contribution is 5.92. The zero-order chi connectivity index (χ0) is 16.3. The van der Waals surface area contributed by atoms with Crippen LogP contribution >= 0.6 is 0 Å². The van der Waals surface area contributed by atoms with Gasteiger partial charge in [-0.3, -0.25) is 9.59 Å². The summed E-state index contributed by atoms with van der Waals surface area (Å²) in [6, 6.07) is 3.66. The summed E-state index contributed by atoms with van der Waals surface area (Å²) in [5.74, 6) is 0.273. The molecule has 2 aliphatic heterocycles. The summed E-state index contributed by atoms with van der Waals surface area (Å²) in [6.07, 6.45) is 5.31. The summed E-state index contributed by atoms with van der Waals surface area (Å²) in [7, 11) is 1.65. The Morgan fingerprint density at radius 1 is 1.39 bits per heavy atom. The molecule has 0 saturated carbocycles. The minimum atomic E-state index is 0.0438. The normalized spacial score (nSPS) is 25.2. The number of piperidine rings is 2. The molecule has 3 heterocycles. The van der Waals surface area contributed by atoms with Gasteiger partial charge in [0, 0.05) is 51.3 Å². The number of aromatic amines is 1. The van der Waals surface area contributed by atoms with Gasteiger partial charge in [0.15, 0.2) is 0 Å². The lowest BCUT2D eigenvalue weighted by Crippen LogP contribution is -2.55. The third kappa shape index (κ3) is 3.42. The maximum Gasteiger partial charge on any atom is 0.270 e. The van der Waals surface area contributed by atoms with Crippen LogP contribution in [0, 0.1) is 5.41 Å². The Labute approximate surface area is 136 Å². The third-order valence-electron chi connectivity index (χ3n) is 5.09. The number of carbonyl (C=O) groups excluding carboxylic acids is 2. The van der Waals surface area contributed by atoms with Gasteiger partial charge in [-0.15, -0.1) is 0 Å². The molecule has 1 spiro atoms. The molecule has 2 saturated heterocycles. The van der Waals surface area contributed by atoms with E-state index in [-0.39, 0.29) is 17.2 Å². The van der Waals surface area contributed by atoms with Crippen molar-refractivity contribution in [2.45, 2.75) is 25.7 Å². The number of rotatable bonds is 4. The molecule has 0 bridgehead atoms. The smallest absolute Gasteiger partial charge is 0.270 e. The Morgan fingerprint density at radius 2 is 2.26 bits per heavy atom. The van der Waals surface area contributed by atoms with Gasteiger partial charge in [0.25, 0.3) is 5.91 Å². The number of carbonyl (C=O) groups is 2. The fraction of sp³-hybridized carbons (Fsp3) is 0.647. The van der Waals surface area contributed by atoms with Crippen molar-refractivity contribution in [2.75, 3.05) is 39.9 Å². The van der Waals surface area contributed by atoms with E-state index in [0.29, 0.717) is 25.3 Å². The second kappa shape index (κ2) is 6.74. The first-order valence-corrected chi connectivity index (χ1v) is 8.33. The molecule has 0 unspecified atom stereocenters. The fourth-order valence-corrected chi connectivity index (χ4v) is 3.86. The minimum Gasteiger partial charge on any atom is -0.383 e. The molecular formula is C17H25N3O3. The SMILES string of the molecule is COCCN1C[C@@]2(CCCN(C(=O)c3ccc[nH]3)C2)CCC1=O. The van der Waals surface area contributed by atoms with Crippen LogP contribution in [-0.4, -0.2) is 66.5 Å². The van der Waals surface area contributed by atoms with Crippen LogP contribution < -0.4 is 0 Å². The zero-order valence-electron chi connectivity index (χ0n) is 13.7. The number of aromatic nitrogens is 1. The molecule has 1 aromatic heterocycles. The van der Waals surface area contributed by atoms with Crippen LogP contribution in [0.5, 0.6) is 0 Å². The first-order valence-electron chi connectivity index (χ1n) is 8.33. The Kier molecular flexibility index (Phi) is 4.71. The summed E-state index contributed by atoms with van der Waals surface area (Å²) >= 11 is 0. The van der Waals surface area contributed by atoms with E-state index >= 15 is 0 Å². The quantitative estimate of drug-likeness (QED) is 0.915. The summed E-state index contributed by atoms with van der Waals surface area (Å²) < 4.78 is 5.11.